The lowest BCUT2D eigenvalue weighted by atomic mass is 10.3. The lowest BCUT2D eigenvalue weighted by molar-refractivity contribution is 0.596. The number of hydrogen-bond acceptors (Lipinski definition) is 3. The van der Waals surface area contributed by atoms with Gasteiger partial charge in [-0.15, -0.1) is 0 Å². The van der Waals surface area contributed by atoms with Crippen molar-refractivity contribution in [3.63, 3.8) is 0 Å². The number of nitrogens with zero attached hydrogens (tertiary/aromatic N) is 2. The summed E-state index contributed by atoms with van der Waals surface area (Å²) in [5.41, 5.74) is 0.490. The zero-order chi connectivity index (χ0) is 14.8. The first kappa shape index (κ1) is 14.6. The van der Waals surface area contributed by atoms with Crippen molar-refractivity contribution in [3.05, 3.63) is 65.5 Å². The minimum absolute atomic E-state index is 0.153. The van der Waals surface area contributed by atoms with E-state index in [0.29, 0.717) is 10.9 Å². The van der Waals surface area contributed by atoms with Gasteiger partial charge in [-0.2, -0.15) is 0 Å². The van der Waals surface area contributed by atoms with Gasteiger partial charge in [-0.3, -0.25) is 0 Å². The first-order chi connectivity index (χ1) is 9.50. The summed E-state index contributed by atoms with van der Waals surface area (Å²) in [7, 11) is -3.69. The average Bonchev–Trinajstić information content (AvgIpc) is 2.82. The first-order valence-corrected chi connectivity index (χ1v) is 7.66. The van der Waals surface area contributed by atoms with Gasteiger partial charge in [0.25, 0.3) is 10.0 Å². The third-order valence-electron chi connectivity index (χ3n) is 2.68. The maximum absolute atomic E-state index is 12.6. The van der Waals surface area contributed by atoms with E-state index in [0.717, 1.165) is 0 Å². The third kappa shape index (κ3) is 2.55. The molecule has 0 N–H and O–H groups in total. The zero-order valence-electron chi connectivity index (χ0n) is 10.8. The fraction of sp³-hybridized carbons (Fsp3) is 0.0714. The number of halogens is 1. The average molecular weight is 309 g/mol. The van der Waals surface area contributed by atoms with Gasteiger partial charge in [0.2, 0.25) is 0 Å². The fourth-order valence-corrected chi connectivity index (χ4v) is 3.40. The van der Waals surface area contributed by atoms with Gasteiger partial charge >= 0.3 is 0 Å². The number of allylic oxidation sites excluding steroid dienone is 4. The van der Waals surface area contributed by atoms with Gasteiger partial charge < -0.3 is 0 Å². The number of aromatic nitrogens is 2. The summed E-state index contributed by atoms with van der Waals surface area (Å²) in [6, 6.07) is 3.20. The van der Waals surface area contributed by atoms with Crippen LogP contribution in [0.1, 0.15) is 6.92 Å². The van der Waals surface area contributed by atoms with E-state index in [2.05, 4.69) is 11.6 Å². The standard InChI is InChI=1S/C14H13ClN2O2S/c1-3-5-12(6-4-2)20(18,19)17-8-7-11-10-16-14(15)9-13(11)17/h3-10H,1H2,2H3/b6-4-,12-5+. The Hall–Kier alpha value is -1.85. The Labute approximate surface area is 122 Å². The van der Waals surface area contributed by atoms with Gasteiger partial charge in [0.15, 0.2) is 0 Å². The minimum Gasteiger partial charge on any atom is -0.244 e. The largest absolute Gasteiger partial charge is 0.268 e. The van der Waals surface area contributed by atoms with Crippen LogP contribution in [0, 0.1) is 0 Å². The molecule has 0 saturated heterocycles. The Bertz CT molecular complexity index is 817. The van der Waals surface area contributed by atoms with E-state index in [4.69, 9.17) is 11.6 Å². The van der Waals surface area contributed by atoms with Crippen LogP contribution < -0.4 is 0 Å². The first-order valence-electron chi connectivity index (χ1n) is 5.84. The van der Waals surface area contributed by atoms with Crippen molar-refractivity contribution in [3.8, 4) is 0 Å². The number of rotatable bonds is 4. The summed E-state index contributed by atoms with van der Waals surface area (Å²) in [6.45, 7) is 5.29. The third-order valence-corrected chi connectivity index (χ3v) is 4.59. The Morgan fingerprint density at radius 2 is 2.25 bits per heavy atom. The molecular weight excluding hydrogens is 296 g/mol. The highest BCUT2D eigenvalue weighted by molar-refractivity contribution is 7.94. The van der Waals surface area contributed by atoms with E-state index in [1.165, 1.54) is 40.7 Å². The molecule has 6 heteroatoms. The SMILES string of the molecule is C=C/C=C(\C=C/C)S(=O)(=O)n1ccc2cnc(Cl)cc21. The molecule has 0 aliphatic carbocycles. The van der Waals surface area contributed by atoms with E-state index in [1.54, 1.807) is 19.1 Å². The van der Waals surface area contributed by atoms with Gasteiger partial charge in [-0.05, 0) is 25.1 Å². The van der Waals surface area contributed by atoms with Crippen LogP contribution >= 0.6 is 11.6 Å². The van der Waals surface area contributed by atoms with Crippen LogP contribution in [-0.4, -0.2) is 17.4 Å². The highest BCUT2D eigenvalue weighted by atomic mass is 35.5. The van der Waals surface area contributed by atoms with Crippen LogP contribution in [0.4, 0.5) is 0 Å². The topological polar surface area (TPSA) is 52.0 Å². The fourth-order valence-electron chi connectivity index (χ4n) is 1.81. The van der Waals surface area contributed by atoms with Crippen molar-refractivity contribution in [2.45, 2.75) is 6.92 Å². The lowest BCUT2D eigenvalue weighted by Gasteiger charge is -2.08. The maximum atomic E-state index is 12.6. The molecule has 104 valence electrons. The van der Waals surface area contributed by atoms with Gasteiger partial charge in [-0.1, -0.05) is 30.3 Å². The summed E-state index contributed by atoms with van der Waals surface area (Å²) in [4.78, 5) is 4.09. The molecule has 0 spiro atoms. The molecular formula is C14H13ClN2O2S. The zero-order valence-corrected chi connectivity index (χ0v) is 12.4. The molecule has 0 fully saturated rings. The Kier molecular flexibility index (Phi) is 4.11. The Morgan fingerprint density at radius 3 is 2.90 bits per heavy atom. The number of pyridine rings is 1. The van der Waals surface area contributed by atoms with E-state index in [1.807, 2.05) is 0 Å². The van der Waals surface area contributed by atoms with Crippen LogP contribution in [0.15, 0.2) is 60.3 Å². The highest BCUT2D eigenvalue weighted by Crippen LogP contribution is 2.23. The lowest BCUT2D eigenvalue weighted by Crippen LogP contribution is -2.12. The molecule has 0 aliphatic rings. The van der Waals surface area contributed by atoms with E-state index < -0.39 is 10.0 Å². The molecule has 2 aromatic rings. The predicted molar refractivity (Wildman–Crippen MR) is 82.2 cm³/mol. The summed E-state index contributed by atoms with van der Waals surface area (Å²) in [6.07, 6.45) is 9.09. The van der Waals surface area contributed by atoms with E-state index >= 15 is 0 Å². The normalized spacial score (nSPS) is 13.2. The quantitative estimate of drug-likeness (QED) is 0.641. The molecule has 2 heterocycles. The van der Waals surface area contributed by atoms with Gasteiger partial charge in [-0.25, -0.2) is 17.4 Å². The number of fused-ring (bicyclic) bond motifs is 1. The summed E-state index contributed by atoms with van der Waals surface area (Å²) in [5.74, 6) is 0. The summed E-state index contributed by atoms with van der Waals surface area (Å²) in [5, 5.41) is 0.948. The minimum atomic E-state index is -3.69. The maximum Gasteiger partial charge on any atom is 0.268 e. The van der Waals surface area contributed by atoms with E-state index in [-0.39, 0.29) is 10.1 Å². The van der Waals surface area contributed by atoms with Crippen molar-refractivity contribution >= 4 is 32.5 Å². The highest BCUT2D eigenvalue weighted by Gasteiger charge is 2.19. The molecule has 0 atom stereocenters. The molecule has 0 saturated carbocycles. The molecule has 20 heavy (non-hydrogen) atoms. The van der Waals surface area contributed by atoms with Crippen LogP contribution in [0.25, 0.3) is 10.9 Å². The number of hydrogen-bond donors (Lipinski definition) is 0. The second kappa shape index (κ2) is 5.64. The Morgan fingerprint density at radius 1 is 1.50 bits per heavy atom. The van der Waals surface area contributed by atoms with Gasteiger partial charge in [0, 0.05) is 23.8 Å². The van der Waals surface area contributed by atoms with Crippen LogP contribution in [0.2, 0.25) is 5.15 Å². The molecule has 0 radical (unpaired) electrons. The monoisotopic (exact) mass is 308 g/mol. The molecule has 0 aromatic carbocycles. The van der Waals surface area contributed by atoms with Crippen LogP contribution in [-0.2, 0) is 10.0 Å². The smallest absolute Gasteiger partial charge is 0.244 e. The second-order valence-corrected chi connectivity index (χ2v) is 6.19. The molecule has 0 aliphatic heterocycles. The van der Waals surface area contributed by atoms with Crippen molar-refractivity contribution in [1.82, 2.24) is 8.96 Å². The molecule has 2 aromatic heterocycles. The summed E-state index contributed by atoms with van der Waals surface area (Å²) < 4.78 is 26.4. The van der Waals surface area contributed by atoms with Crippen molar-refractivity contribution < 1.29 is 8.42 Å². The van der Waals surface area contributed by atoms with Crippen LogP contribution in [0.3, 0.4) is 0 Å². The van der Waals surface area contributed by atoms with E-state index in [9.17, 15) is 8.42 Å². The molecule has 2 rings (SSSR count). The molecule has 0 amide bonds. The molecule has 0 bridgehead atoms. The van der Waals surface area contributed by atoms with Crippen molar-refractivity contribution in [2.24, 2.45) is 0 Å². The van der Waals surface area contributed by atoms with Crippen molar-refractivity contribution in [2.75, 3.05) is 0 Å². The van der Waals surface area contributed by atoms with Crippen LogP contribution in [0.5, 0.6) is 0 Å². The summed E-state index contributed by atoms with van der Waals surface area (Å²) >= 11 is 5.84. The van der Waals surface area contributed by atoms with Crippen molar-refractivity contribution in [1.29, 1.82) is 0 Å². The molecule has 0 unspecified atom stereocenters. The second-order valence-electron chi connectivity index (χ2n) is 3.99. The van der Waals surface area contributed by atoms with Gasteiger partial charge in [0.05, 0.1) is 10.4 Å². The molecule has 4 nitrogen and oxygen atoms in total. The Balaban J connectivity index is 2.71. The van der Waals surface area contributed by atoms with Gasteiger partial charge in [0.1, 0.15) is 5.15 Å². The predicted octanol–water partition coefficient (Wildman–Crippen LogP) is 3.51.